The van der Waals surface area contributed by atoms with Crippen LogP contribution in [0.1, 0.15) is 40.0 Å². The number of benzene rings is 2. The highest BCUT2D eigenvalue weighted by molar-refractivity contribution is 5.96. The van der Waals surface area contributed by atoms with Gasteiger partial charge in [0.15, 0.2) is 18.1 Å². The molecule has 0 aromatic heterocycles. The Bertz CT molecular complexity index is 957. The van der Waals surface area contributed by atoms with E-state index in [1.807, 2.05) is 39.0 Å². The minimum absolute atomic E-state index is 0.227. The van der Waals surface area contributed by atoms with Crippen LogP contribution in [-0.4, -0.2) is 45.2 Å². The highest BCUT2D eigenvalue weighted by atomic mass is 16.5. The van der Waals surface area contributed by atoms with E-state index in [0.717, 1.165) is 11.1 Å². The Morgan fingerprint density at radius 3 is 2.29 bits per heavy atom. The van der Waals surface area contributed by atoms with E-state index in [2.05, 4.69) is 10.6 Å². The summed E-state index contributed by atoms with van der Waals surface area (Å²) in [4.78, 5) is 36.2. The molecule has 2 aromatic rings. The molecule has 0 aliphatic carbocycles. The molecular weight excluding hydrogens is 400 g/mol. The maximum absolute atomic E-state index is 12.2. The largest absolute Gasteiger partial charge is 0.493 e. The van der Waals surface area contributed by atoms with Crippen molar-refractivity contribution in [2.75, 3.05) is 27.4 Å². The number of hydrogen-bond acceptors (Lipinski definition) is 6. The molecule has 166 valence electrons. The van der Waals surface area contributed by atoms with Gasteiger partial charge in [-0.25, -0.2) is 0 Å². The molecule has 0 aliphatic heterocycles. The number of amides is 2. The van der Waals surface area contributed by atoms with Gasteiger partial charge in [-0.3, -0.25) is 14.4 Å². The summed E-state index contributed by atoms with van der Waals surface area (Å²) in [5.74, 6) is -0.745. The summed E-state index contributed by atoms with van der Waals surface area (Å²) in [5, 5.41) is 5.23. The van der Waals surface area contributed by atoms with E-state index in [4.69, 9.17) is 14.2 Å². The van der Waals surface area contributed by atoms with Crippen LogP contribution in [0.4, 0.5) is 0 Å². The lowest BCUT2D eigenvalue weighted by molar-refractivity contribution is -0.147. The molecule has 0 saturated heterocycles. The molecule has 2 rings (SSSR count). The predicted molar refractivity (Wildman–Crippen MR) is 115 cm³/mol. The zero-order valence-corrected chi connectivity index (χ0v) is 18.4. The van der Waals surface area contributed by atoms with Crippen molar-refractivity contribution in [2.24, 2.45) is 0 Å². The summed E-state index contributed by atoms with van der Waals surface area (Å²) in [6.45, 7) is 5.08. The van der Waals surface area contributed by atoms with Gasteiger partial charge in [0.25, 0.3) is 11.8 Å². The van der Waals surface area contributed by atoms with Crippen LogP contribution < -0.4 is 20.1 Å². The molecule has 2 N–H and O–H groups in total. The molecule has 0 heterocycles. The number of carbonyl (C=O) groups is 3. The van der Waals surface area contributed by atoms with Gasteiger partial charge in [0.1, 0.15) is 6.54 Å². The van der Waals surface area contributed by atoms with Gasteiger partial charge in [-0.05, 0) is 55.7 Å². The predicted octanol–water partition coefficient (Wildman–Crippen LogP) is 2.47. The highest BCUT2D eigenvalue weighted by Crippen LogP contribution is 2.27. The van der Waals surface area contributed by atoms with Crippen LogP contribution in [0, 0.1) is 13.8 Å². The molecule has 0 aliphatic rings. The van der Waals surface area contributed by atoms with Gasteiger partial charge >= 0.3 is 5.97 Å². The van der Waals surface area contributed by atoms with E-state index in [0.29, 0.717) is 17.1 Å². The zero-order valence-electron chi connectivity index (χ0n) is 18.4. The number of hydrogen-bond donors (Lipinski definition) is 2. The van der Waals surface area contributed by atoms with Crippen LogP contribution in [0.25, 0.3) is 0 Å². The van der Waals surface area contributed by atoms with Gasteiger partial charge in [-0.2, -0.15) is 0 Å². The summed E-state index contributed by atoms with van der Waals surface area (Å²) in [6.07, 6.45) is 0. The Labute approximate surface area is 181 Å². The lowest BCUT2D eigenvalue weighted by Crippen LogP contribution is -2.34. The monoisotopic (exact) mass is 428 g/mol. The molecule has 31 heavy (non-hydrogen) atoms. The second-order valence-electron chi connectivity index (χ2n) is 7.05. The molecule has 0 radical (unpaired) electrons. The number of carbonyl (C=O) groups excluding carboxylic acids is 3. The maximum Gasteiger partial charge on any atom is 0.325 e. The molecule has 2 amide bonds. The van der Waals surface area contributed by atoms with Gasteiger partial charge < -0.3 is 24.8 Å². The number of aryl methyl sites for hydroxylation is 2. The van der Waals surface area contributed by atoms with E-state index >= 15 is 0 Å². The Balaban J connectivity index is 1.79. The second kappa shape index (κ2) is 11.0. The van der Waals surface area contributed by atoms with Crippen molar-refractivity contribution in [1.29, 1.82) is 0 Å². The topological polar surface area (TPSA) is 103 Å². The summed E-state index contributed by atoms with van der Waals surface area (Å²) in [7, 11) is 2.95. The molecule has 1 unspecified atom stereocenters. The standard InChI is InChI=1S/C23H28N2O6/c1-14-6-7-17(10-15(14)2)16(3)25-21(26)13-31-22(27)12-24-23(28)18-8-9-19(29-4)20(11-18)30-5/h6-11,16H,12-13H2,1-5H3,(H,24,28)(H,25,26). The fourth-order valence-corrected chi connectivity index (χ4v) is 2.83. The first-order chi connectivity index (χ1) is 14.7. The van der Waals surface area contributed by atoms with Gasteiger partial charge in [-0.15, -0.1) is 0 Å². The van der Waals surface area contributed by atoms with Gasteiger partial charge in [-0.1, -0.05) is 18.2 Å². The van der Waals surface area contributed by atoms with Gasteiger partial charge in [0.05, 0.1) is 20.3 Å². The molecule has 1 atom stereocenters. The van der Waals surface area contributed by atoms with Gasteiger partial charge in [0.2, 0.25) is 0 Å². The van der Waals surface area contributed by atoms with E-state index in [9.17, 15) is 14.4 Å². The summed E-state index contributed by atoms with van der Waals surface area (Å²) in [6, 6.07) is 10.4. The smallest absolute Gasteiger partial charge is 0.325 e. The summed E-state index contributed by atoms with van der Waals surface area (Å²) in [5.41, 5.74) is 3.57. The van der Waals surface area contributed by atoms with Crippen molar-refractivity contribution in [2.45, 2.75) is 26.8 Å². The van der Waals surface area contributed by atoms with Crippen LogP contribution in [0.5, 0.6) is 11.5 Å². The second-order valence-corrected chi connectivity index (χ2v) is 7.05. The number of methoxy groups -OCH3 is 2. The minimum atomic E-state index is -0.720. The Morgan fingerprint density at radius 1 is 0.935 bits per heavy atom. The highest BCUT2D eigenvalue weighted by Gasteiger charge is 2.15. The van der Waals surface area contributed by atoms with Crippen molar-refractivity contribution in [3.8, 4) is 11.5 Å². The van der Waals surface area contributed by atoms with E-state index in [1.165, 1.54) is 25.8 Å². The Hall–Kier alpha value is -3.55. The number of ether oxygens (including phenoxy) is 3. The SMILES string of the molecule is COc1ccc(C(=O)NCC(=O)OCC(=O)NC(C)c2ccc(C)c(C)c2)cc1OC. The lowest BCUT2D eigenvalue weighted by atomic mass is 10.0. The van der Waals surface area contributed by atoms with Crippen LogP contribution in [0.3, 0.4) is 0 Å². The molecule has 8 heteroatoms. The first-order valence-electron chi connectivity index (χ1n) is 9.77. The third-order valence-electron chi connectivity index (χ3n) is 4.81. The quantitative estimate of drug-likeness (QED) is 0.595. The Kier molecular flexibility index (Phi) is 8.43. The fourth-order valence-electron chi connectivity index (χ4n) is 2.83. The van der Waals surface area contributed by atoms with Crippen molar-refractivity contribution in [3.63, 3.8) is 0 Å². The third kappa shape index (κ3) is 6.74. The maximum atomic E-state index is 12.2. The van der Waals surface area contributed by atoms with E-state index in [1.54, 1.807) is 12.1 Å². The van der Waals surface area contributed by atoms with E-state index < -0.39 is 24.4 Å². The zero-order chi connectivity index (χ0) is 23.0. The van der Waals surface area contributed by atoms with Crippen molar-refractivity contribution < 1.29 is 28.6 Å². The molecule has 0 spiro atoms. The molecule has 8 nitrogen and oxygen atoms in total. The molecule has 0 fully saturated rings. The third-order valence-corrected chi connectivity index (χ3v) is 4.81. The number of esters is 1. The van der Waals surface area contributed by atoms with Crippen molar-refractivity contribution in [3.05, 3.63) is 58.7 Å². The van der Waals surface area contributed by atoms with E-state index in [-0.39, 0.29) is 12.6 Å². The summed E-state index contributed by atoms with van der Waals surface area (Å²) < 4.78 is 15.2. The first kappa shape index (κ1) is 23.7. The van der Waals surface area contributed by atoms with Crippen molar-refractivity contribution >= 4 is 17.8 Å². The van der Waals surface area contributed by atoms with Crippen LogP contribution in [0.15, 0.2) is 36.4 Å². The molecule has 0 bridgehead atoms. The Morgan fingerprint density at radius 2 is 1.65 bits per heavy atom. The number of nitrogens with one attached hydrogen (secondary N) is 2. The first-order valence-corrected chi connectivity index (χ1v) is 9.77. The summed E-state index contributed by atoms with van der Waals surface area (Å²) >= 11 is 0. The van der Waals surface area contributed by atoms with Gasteiger partial charge in [0, 0.05) is 5.56 Å². The van der Waals surface area contributed by atoms with Crippen LogP contribution in [0.2, 0.25) is 0 Å². The molecule has 0 saturated carbocycles. The average molecular weight is 428 g/mol. The number of rotatable bonds is 9. The van der Waals surface area contributed by atoms with Crippen LogP contribution in [-0.2, 0) is 14.3 Å². The van der Waals surface area contributed by atoms with Crippen LogP contribution >= 0.6 is 0 Å². The average Bonchev–Trinajstić information content (AvgIpc) is 2.77. The minimum Gasteiger partial charge on any atom is -0.493 e. The lowest BCUT2D eigenvalue weighted by Gasteiger charge is -2.16. The van der Waals surface area contributed by atoms with Crippen molar-refractivity contribution in [1.82, 2.24) is 10.6 Å². The fraction of sp³-hybridized carbons (Fsp3) is 0.348. The molecule has 2 aromatic carbocycles. The normalized spacial score (nSPS) is 11.3. The molecular formula is C23H28N2O6.